The number of nitrogens with zero attached hydrogens (tertiary/aromatic N) is 1. The van der Waals surface area contributed by atoms with Crippen LogP contribution in [0.4, 0.5) is 5.69 Å². The molecule has 1 amide bonds. The molecule has 0 spiro atoms. The fourth-order valence-electron chi connectivity index (χ4n) is 4.20. The van der Waals surface area contributed by atoms with Crippen LogP contribution in [-0.2, 0) is 4.79 Å². The van der Waals surface area contributed by atoms with Crippen molar-refractivity contribution in [1.29, 1.82) is 5.26 Å². The molecule has 2 N–H and O–H groups in total. The Bertz CT molecular complexity index is 1420. The van der Waals surface area contributed by atoms with Crippen molar-refractivity contribution in [3.8, 4) is 11.8 Å². The summed E-state index contributed by atoms with van der Waals surface area (Å²) in [7, 11) is 1.54. The molecule has 6 nitrogen and oxygen atoms in total. The predicted molar refractivity (Wildman–Crippen MR) is 147 cm³/mol. The molecule has 1 aliphatic heterocycles. The minimum atomic E-state index is -0.598. The first-order chi connectivity index (χ1) is 17.9. The number of para-hydroxylation sites is 2. The number of rotatable bonds is 8. The van der Waals surface area contributed by atoms with Crippen LogP contribution in [0, 0.1) is 18.3 Å². The van der Waals surface area contributed by atoms with Gasteiger partial charge in [0.05, 0.1) is 41.1 Å². The van der Waals surface area contributed by atoms with Gasteiger partial charge in [0.25, 0.3) is 5.91 Å². The molecule has 0 saturated heterocycles. The Morgan fingerprint density at radius 2 is 1.68 bits per heavy atom. The van der Waals surface area contributed by atoms with E-state index >= 15 is 0 Å². The molecule has 1 aliphatic rings. The highest BCUT2D eigenvalue weighted by atomic mass is 32.2. The summed E-state index contributed by atoms with van der Waals surface area (Å²) in [6.45, 7) is 3.78. The van der Waals surface area contributed by atoms with E-state index in [-0.39, 0.29) is 17.4 Å². The van der Waals surface area contributed by atoms with Gasteiger partial charge in [-0.15, -0.1) is 0 Å². The molecule has 1 atom stereocenters. The van der Waals surface area contributed by atoms with Gasteiger partial charge in [-0.05, 0) is 31.5 Å². The summed E-state index contributed by atoms with van der Waals surface area (Å²) in [4.78, 5) is 26.4. The molecule has 0 aromatic heterocycles. The summed E-state index contributed by atoms with van der Waals surface area (Å²) in [6, 6.07) is 26.4. The topological polar surface area (TPSA) is 91.2 Å². The lowest BCUT2D eigenvalue weighted by Crippen LogP contribution is -2.31. The largest absolute Gasteiger partial charge is 0.495 e. The molecule has 186 valence electrons. The molecule has 0 aliphatic carbocycles. The fraction of sp³-hybridized carbons (Fsp3) is 0.167. The molecule has 0 saturated carbocycles. The number of carbonyl (C=O) groups is 2. The summed E-state index contributed by atoms with van der Waals surface area (Å²) in [5.41, 5.74) is 4.49. The third-order valence-corrected chi connectivity index (χ3v) is 7.12. The number of Topliss-reactive ketones (excluding diaryl/α,β-unsaturated/α-hetero) is 1. The van der Waals surface area contributed by atoms with Crippen molar-refractivity contribution in [3.63, 3.8) is 0 Å². The second-order valence-corrected chi connectivity index (χ2v) is 9.58. The average Bonchev–Trinajstić information content (AvgIpc) is 2.92. The van der Waals surface area contributed by atoms with Gasteiger partial charge in [0.1, 0.15) is 5.75 Å². The van der Waals surface area contributed by atoms with E-state index in [0.717, 1.165) is 11.1 Å². The lowest BCUT2D eigenvalue weighted by molar-refractivity contribution is -0.113. The maximum absolute atomic E-state index is 13.6. The quantitative estimate of drug-likeness (QED) is 0.365. The fourth-order valence-corrected chi connectivity index (χ4v) is 5.19. The Kier molecular flexibility index (Phi) is 8.11. The van der Waals surface area contributed by atoms with E-state index in [1.54, 1.807) is 19.2 Å². The minimum Gasteiger partial charge on any atom is -0.495 e. The van der Waals surface area contributed by atoms with Crippen molar-refractivity contribution in [2.45, 2.75) is 19.8 Å². The SMILES string of the molecule is COc1ccccc1NC(=O)C1=C(C)NC(SCC(=O)c2ccc(C)cc2)=C(C#N)[C@H]1c1ccccc1. The van der Waals surface area contributed by atoms with Crippen molar-refractivity contribution in [3.05, 3.63) is 117 Å². The number of nitrogens with one attached hydrogen (secondary N) is 2. The van der Waals surface area contributed by atoms with Crippen LogP contribution in [-0.4, -0.2) is 24.6 Å². The molecular weight excluding hydrogens is 482 g/mol. The number of amides is 1. The number of carbonyl (C=O) groups excluding carboxylic acids is 2. The number of ether oxygens (including phenoxy) is 1. The van der Waals surface area contributed by atoms with Gasteiger partial charge in [0.15, 0.2) is 5.78 Å². The summed E-state index contributed by atoms with van der Waals surface area (Å²) in [5.74, 6) is -0.269. The van der Waals surface area contributed by atoms with Crippen molar-refractivity contribution >= 4 is 29.1 Å². The molecule has 1 heterocycles. The first-order valence-corrected chi connectivity index (χ1v) is 12.8. The van der Waals surface area contributed by atoms with Gasteiger partial charge in [-0.25, -0.2) is 0 Å². The summed E-state index contributed by atoms with van der Waals surface area (Å²) in [5, 5.41) is 17.0. The zero-order chi connectivity index (χ0) is 26.4. The molecule has 0 fully saturated rings. The molecule has 0 bridgehead atoms. The zero-order valence-electron chi connectivity index (χ0n) is 20.9. The molecule has 3 aromatic carbocycles. The van der Waals surface area contributed by atoms with E-state index in [1.165, 1.54) is 11.8 Å². The van der Waals surface area contributed by atoms with E-state index < -0.39 is 5.92 Å². The predicted octanol–water partition coefficient (Wildman–Crippen LogP) is 5.95. The Morgan fingerprint density at radius 1 is 1.00 bits per heavy atom. The highest BCUT2D eigenvalue weighted by Gasteiger charge is 2.35. The molecular formula is C30H27N3O3S. The van der Waals surface area contributed by atoms with Gasteiger partial charge >= 0.3 is 0 Å². The van der Waals surface area contributed by atoms with Crippen molar-refractivity contribution < 1.29 is 14.3 Å². The van der Waals surface area contributed by atoms with Crippen LogP contribution in [0.15, 0.2) is 101 Å². The monoisotopic (exact) mass is 509 g/mol. The zero-order valence-corrected chi connectivity index (χ0v) is 21.7. The van der Waals surface area contributed by atoms with Crippen LogP contribution in [0.2, 0.25) is 0 Å². The highest BCUT2D eigenvalue weighted by molar-refractivity contribution is 8.03. The van der Waals surface area contributed by atoms with Gasteiger partial charge < -0.3 is 15.4 Å². The number of methoxy groups -OCH3 is 1. The van der Waals surface area contributed by atoms with Crippen LogP contribution >= 0.6 is 11.8 Å². The van der Waals surface area contributed by atoms with Crippen LogP contribution in [0.25, 0.3) is 0 Å². The number of allylic oxidation sites excluding steroid dienone is 2. The number of ketones is 1. The first-order valence-electron chi connectivity index (χ1n) is 11.8. The van der Waals surface area contributed by atoms with E-state index in [9.17, 15) is 14.9 Å². The first kappa shape index (κ1) is 25.8. The molecule has 4 rings (SSSR count). The lowest BCUT2D eigenvalue weighted by Gasteiger charge is -2.30. The third-order valence-electron chi connectivity index (χ3n) is 6.10. The van der Waals surface area contributed by atoms with Crippen molar-refractivity contribution in [2.75, 3.05) is 18.2 Å². The third kappa shape index (κ3) is 5.76. The highest BCUT2D eigenvalue weighted by Crippen LogP contribution is 2.41. The van der Waals surface area contributed by atoms with Gasteiger partial charge in [-0.3, -0.25) is 9.59 Å². The minimum absolute atomic E-state index is 0.0332. The molecule has 0 radical (unpaired) electrons. The van der Waals surface area contributed by atoms with E-state index in [0.29, 0.717) is 38.9 Å². The normalized spacial score (nSPS) is 15.0. The molecule has 0 unspecified atom stereocenters. The van der Waals surface area contributed by atoms with Crippen LogP contribution in [0.5, 0.6) is 5.75 Å². The van der Waals surface area contributed by atoms with Crippen LogP contribution < -0.4 is 15.4 Å². The lowest BCUT2D eigenvalue weighted by atomic mass is 9.82. The van der Waals surface area contributed by atoms with Gasteiger partial charge in [0, 0.05) is 16.8 Å². The van der Waals surface area contributed by atoms with Crippen LogP contribution in [0.3, 0.4) is 0 Å². The number of hydrogen-bond acceptors (Lipinski definition) is 6. The maximum atomic E-state index is 13.6. The number of anilines is 1. The maximum Gasteiger partial charge on any atom is 0.254 e. The number of nitriles is 1. The van der Waals surface area contributed by atoms with Gasteiger partial charge in [0.2, 0.25) is 0 Å². The van der Waals surface area contributed by atoms with Crippen LogP contribution in [0.1, 0.15) is 34.3 Å². The Balaban J connectivity index is 1.67. The Labute approximate surface area is 221 Å². The molecule has 7 heteroatoms. The van der Waals surface area contributed by atoms with E-state index in [2.05, 4.69) is 16.7 Å². The van der Waals surface area contributed by atoms with Crippen molar-refractivity contribution in [1.82, 2.24) is 5.32 Å². The second kappa shape index (κ2) is 11.6. The number of hydrogen-bond donors (Lipinski definition) is 2. The summed E-state index contributed by atoms with van der Waals surface area (Å²) < 4.78 is 5.39. The van der Waals surface area contributed by atoms with E-state index in [1.807, 2.05) is 80.6 Å². The summed E-state index contributed by atoms with van der Waals surface area (Å²) >= 11 is 1.27. The number of dihydropyridines is 1. The standard InChI is InChI=1S/C30H27N3O3S/c1-19-13-15-21(16-14-19)25(34)18-37-30-23(17-31)28(22-9-5-4-6-10-22)27(20(2)32-30)29(35)33-24-11-7-8-12-26(24)36-3/h4-16,28,32H,18H2,1-3H3,(H,33,35)/t28-/m1/s1. The summed E-state index contributed by atoms with van der Waals surface area (Å²) in [6.07, 6.45) is 0. The molecule has 3 aromatic rings. The number of aryl methyl sites for hydroxylation is 1. The average molecular weight is 510 g/mol. The van der Waals surface area contributed by atoms with Gasteiger partial charge in [-0.1, -0.05) is 84.1 Å². The Hall–Kier alpha value is -4.28. The van der Waals surface area contributed by atoms with Crippen molar-refractivity contribution in [2.24, 2.45) is 0 Å². The smallest absolute Gasteiger partial charge is 0.254 e. The number of benzene rings is 3. The van der Waals surface area contributed by atoms with E-state index in [4.69, 9.17) is 4.74 Å². The number of thioether (sulfide) groups is 1. The Morgan fingerprint density at radius 3 is 2.35 bits per heavy atom. The second-order valence-electron chi connectivity index (χ2n) is 8.59. The molecule has 37 heavy (non-hydrogen) atoms. The van der Waals surface area contributed by atoms with Gasteiger partial charge in [-0.2, -0.15) is 5.26 Å².